The smallest absolute Gasteiger partial charge is 0.236 e. The molecule has 2 aromatic rings. The van der Waals surface area contributed by atoms with Gasteiger partial charge in [-0.15, -0.1) is 10.2 Å². The SMILES string of the molecule is CCc1nnc(Cn2cnc3c2CCCC3)o1. The Morgan fingerprint density at radius 2 is 2.06 bits per heavy atom. The Kier molecular flexibility index (Phi) is 2.66. The lowest BCUT2D eigenvalue weighted by atomic mass is 10.0. The van der Waals surface area contributed by atoms with E-state index in [1.54, 1.807) is 0 Å². The number of aryl methyl sites for hydroxylation is 2. The third kappa shape index (κ3) is 1.97. The highest BCUT2D eigenvalue weighted by molar-refractivity contribution is 5.16. The van der Waals surface area contributed by atoms with Crippen LogP contribution in [0.25, 0.3) is 0 Å². The van der Waals surface area contributed by atoms with Crippen molar-refractivity contribution in [2.24, 2.45) is 0 Å². The van der Waals surface area contributed by atoms with Crippen LogP contribution in [0, 0.1) is 0 Å². The van der Waals surface area contributed by atoms with Crippen LogP contribution in [-0.2, 0) is 25.8 Å². The first kappa shape index (κ1) is 10.5. The quantitative estimate of drug-likeness (QED) is 0.809. The van der Waals surface area contributed by atoms with Gasteiger partial charge in [0.15, 0.2) is 0 Å². The molecule has 0 saturated carbocycles. The van der Waals surface area contributed by atoms with Crippen molar-refractivity contribution in [1.29, 1.82) is 0 Å². The molecule has 2 heterocycles. The summed E-state index contributed by atoms with van der Waals surface area (Å²) in [4.78, 5) is 4.45. The highest BCUT2D eigenvalue weighted by atomic mass is 16.4. The number of imidazole rings is 1. The molecule has 0 amide bonds. The minimum absolute atomic E-state index is 0.648. The van der Waals surface area contributed by atoms with E-state index in [9.17, 15) is 0 Å². The molecule has 0 spiro atoms. The van der Waals surface area contributed by atoms with E-state index in [4.69, 9.17) is 4.42 Å². The summed E-state index contributed by atoms with van der Waals surface area (Å²) in [5.74, 6) is 1.38. The number of nitrogens with zero attached hydrogens (tertiary/aromatic N) is 4. The third-order valence-corrected chi connectivity index (χ3v) is 3.23. The summed E-state index contributed by atoms with van der Waals surface area (Å²) in [5.41, 5.74) is 2.58. The van der Waals surface area contributed by atoms with E-state index >= 15 is 0 Å². The zero-order chi connectivity index (χ0) is 11.7. The molecule has 5 heteroatoms. The molecule has 1 aliphatic rings. The van der Waals surface area contributed by atoms with E-state index in [0.29, 0.717) is 18.3 Å². The average molecular weight is 232 g/mol. The van der Waals surface area contributed by atoms with Gasteiger partial charge in [-0.2, -0.15) is 0 Å². The average Bonchev–Trinajstić information content (AvgIpc) is 2.97. The lowest BCUT2D eigenvalue weighted by Crippen LogP contribution is -2.09. The van der Waals surface area contributed by atoms with Crippen molar-refractivity contribution in [3.8, 4) is 0 Å². The molecule has 0 aliphatic heterocycles. The summed E-state index contributed by atoms with van der Waals surface area (Å²) in [6.45, 7) is 2.66. The van der Waals surface area contributed by atoms with Gasteiger partial charge in [-0.05, 0) is 25.7 Å². The van der Waals surface area contributed by atoms with Gasteiger partial charge in [0.25, 0.3) is 0 Å². The van der Waals surface area contributed by atoms with Gasteiger partial charge in [-0.25, -0.2) is 4.98 Å². The zero-order valence-electron chi connectivity index (χ0n) is 10.0. The van der Waals surface area contributed by atoms with Crippen molar-refractivity contribution in [3.05, 3.63) is 29.5 Å². The van der Waals surface area contributed by atoms with Crippen LogP contribution in [0.15, 0.2) is 10.7 Å². The fourth-order valence-corrected chi connectivity index (χ4v) is 2.31. The second kappa shape index (κ2) is 4.31. The lowest BCUT2D eigenvalue weighted by Gasteiger charge is -2.12. The predicted molar refractivity (Wildman–Crippen MR) is 61.6 cm³/mol. The van der Waals surface area contributed by atoms with E-state index in [1.807, 2.05) is 13.3 Å². The van der Waals surface area contributed by atoms with Crippen LogP contribution in [0.2, 0.25) is 0 Å². The molecule has 17 heavy (non-hydrogen) atoms. The third-order valence-electron chi connectivity index (χ3n) is 3.23. The summed E-state index contributed by atoms with van der Waals surface area (Å²) in [5, 5.41) is 8.02. The van der Waals surface area contributed by atoms with E-state index in [0.717, 1.165) is 19.3 Å². The summed E-state index contributed by atoms with van der Waals surface area (Å²) in [6, 6.07) is 0. The fraction of sp³-hybridized carbons (Fsp3) is 0.583. The largest absolute Gasteiger partial charge is 0.423 e. The molecular weight excluding hydrogens is 216 g/mol. The molecule has 0 aromatic carbocycles. The number of aromatic nitrogens is 4. The molecule has 3 rings (SSSR count). The molecule has 1 aliphatic carbocycles. The fourth-order valence-electron chi connectivity index (χ4n) is 2.31. The second-order valence-electron chi connectivity index (χ2n) is 4.42. The maximum atomic E-state index is 5.53. The van der Waals surface area contributed by atoms with Crippen molar-refractivity contribution in [3.63, 3.8) is 0 Å². The standard InChI is InChI=1S/C12H16N4O/c1-2-11-14-15-12(17-11)7-16-8-13-9-5-3-4-6-10(9)16/h8H,2-7H2,1H3. The van der Waals surface area contributed by atoms with E-state index < -0.39 is 0 Å². The van der Waals surface area contributed by atoms with Crippen molar-refractivity contribution < 1.29 is 4.42 Å². The Morgan fingerprint density at radius 1 is 1.24 bits per heavy atom. The van der Waals surface area contributed by atoms with Crippen LogP contribution in [0.4, 0.5) is 0 Å². The Labute approximate surface area is 99.9 Å². The van der Waals surface area contributed by atoms with Gasteiger partial charge in [-0.3, -0.25) is 0 Å². The van der Waals surface area contributed by atoms with Crippen LogP contribution in [0.5, 0.6) is 0 Å². The molecule has 0 N–H and O–H groups in total. The van der Waals surface area contributed by atoms with Crippen molar-refractivity contribution >= 4 is 0 Å². The maximum absolute atomic E-state index is 5.53. The van der Waals surface area contributed by atoms with Crippen molar-refractivity contribution in [2.45, 2.75) is 45.6 Å². The first-order chi connectivity index (χ1) is 8.36. The molecule has 0 atom stereocenters. The second-order valence-corrected chi connectivity index (χ2v) is 4.42. The number of hydrogen-bond acceptors (Lipinski definition) is 4. The summed E-state index contributed by atoms with van der Waals surface area (Å²) in [6.07, 6.45) is 7.41. The summed E-state index contributed by atoms with van der Waals surface area (Å²) < 4.78 is 7.67. The molecule has 0 unspecified atom stereocenters. The maximum Gasteiger partial charge on any atom is 0.236 e. The molecule has 0 radical (unpaired) electrons. The van der Waals surface area contributed by atoms with E-state index in [2.05, 4.69) is 19.7 Å². The summed E-state index contributed by atoms with van der Waals surface area (Å²) >= 11 is 0. The first-order valence-corrected chi connectivity index (χ1v) is 6.21. The normalized spacial score (nSPS) is 14.9. The van der Waals surface area contributed by atoms with Gasteiger partial charge in [0.1, 0.15) is 6.54 Å². The Hall–Kier alpha value is -1.65. The van der Waals surface area contributed by atoms with Gasteiger partial charge in [-0.1, -0.05) is 6.92 Å². The molecular formula is C12H16N4O. The van der Waals surface area contributed by atoms with Crippen LogP contribution in [0.3, 0.4) is 0 Å². The van der Waals surface area contributed by atoms with Crippen LogP contribution in [0.1, 0.15) is 42.9 Å². The van der Waals surface area contributed by atoms with Crippen molar-refractivity contribution in [2.75, 3.05) is 0 Å². The van der Waals surface area contributed by atoms with Crippen LogP contribution in [-0.4, -0.2) is 19.7 Å². The minimum atomic E-state index is 0.648. The Morgan fingerprint density at radius 3 is 2.88 bits per heavy atom. The van der Waals surface area contributed by atoms with Crippen LogP contribution < -0.4 is 0 Å². The summed E-state index contributed by atoms with van der Waals surface area (Å²) in [7, 11) is 0. The van der Waals surface area contributed by atoms with Crippen LogP contribution >= 0.6 is 0 Å². The van der Waals surface area contributed by atoms with Gasteiger partial charge in [0.2, 0.25) is 11.8 Å². The monoisotopic (exact) mass is 232 g/mol. The number of fused-ring (bicyclic) bond motifs is 1. The van der Waals surface area contributed by atoms with Gasteiger partial charge in [0, 0.05) is 12.1 Å². The topological polar surface area (TPSA) is 56.7 Å². The molecule has 0 bridgehead atoms. The molecule has 90 valence electrons. The number of rotatable bonds is 3. The molecule has 2 aromatic heterocycles. The highest BCUT2D eigenvalue weighted by Gasteiger charge is 2.16. The van der Waals surface area contributed by atoms with Crippen molar-refractivity contribution in [1.82, 2.24) is 19.7 Å². The van der Waals surface area contributed by atoms with Gasteiger partial charge in [0.05, 0.1) is 12.0 Å². The van der Waals surface area contributed by atoms with E-state index in [-0.39, 0.29) is 0 Å². The van der Waals surface area contributed by atoms with Gasteiger partial charge < -0.3 is 8.98 Å². The Balaban J connectivity index is 1.82. The number of hydrogen-bond donors (Lipinski definition) is 0. The van der Waals surface area contributed by atoms with E-state index in [1.165, 1.54) is 24.2 Å². The predicted octanol–water partition coefficient (Wildman–Crippen LogP) is 1.76. The highest BCUT2D eigenvalue weighted by Crippen LogP contribution is 2.20. The molecule has 0 saturated heterocycles. The van der Waals surface area contributed by atoms with Gasteiger partial charge >= 0.3 is 0 Å². The lowest BCUT2D eigenvalue weighted by molar-refractivity contribution is 0.438. The first-order valence-electron chi connectivity index (χ1n) is 6.21. The molecule has 0 fully saturated rings. The molecule has 5 nitrogen and oxygen atoms in total. The zero-order valence-corrected chi connectivity index (χ0v) is 10.0. The Bertz CT molecular complexity index is 514. The minimum Gasteiger partial charge on any atom is -0.423 e.